The third-order valence-corrected chi connectivity index (χ3v) is 5.74. The number of imide groups is 1. The molecule has 2 heterocycles. The summed E-state index contributed by atoms with van der Waals surface area (Å²) in [7, 11) is -3.95. The predicted molar refractivity (Wildman–Crippen MR) is 103 cm³/mol. The number of sulfonamides is 1. The Kier molecular flexibility index (Phi) is 4.42. The number of fused-ring (bicyclic) bond motifs is 1. The molecule has 0 saturated heterocycles. The molecule has 10 heteroatoms. The summed E-state index contributed by atoms with van der Waals surface area (Å²) >= 11 is 0. The molecule has 0 spiro atoms. The molecule has 0 atom stereocenters. The van der Waals surface area contributed by atoms with Crippen molar-refractivity contribution in [3.63, 3.8) is 0 Å². The van der Waals surface area contributed by atoms with E-state index in [0.29, 0.717) is 23.0 Å². The SMILES string of the molecule is CC(C)c1noc(-c2ccc(NS(=O)(=O)c3ccc4c(c3)C(=O)NC4=O)cc2)n1. The van der Waals surface area contributed by atoms with Gasteiger partial charge in [-0.25, -0.2) is 8.42 Å². The standard InChI is InChI=1S/C19H16N4O5S/c1-10(2)16-20-19(28-22-16)11-3-5-12(6-4-11)23-29(26,27)13-7-8-14-15(9-13)18(25)21-17(14)24/h3-10,23H,1-2H3,(H,21,24,25). The lowest BCUT2D eigenvalue weighted by Crippen LogP contribution is -2.19. The first-order valence-electron chi connectivity index (χ1n) is 8.71. The third kappa shape index (κ3) is 3.49. The number of rotatable bonds is 5. The Morgan fingerprint density at radius 2 is 1.69 bits per heavy atom. The van der Waals surface area contributed by atoms with E-state index in [9.17, 15) is 18.0 Å². The monoisotopic (exact) mass is 412 g/mol. The molecule has 1 aliphatic rings. The molecule has 3 aromatic rings. The first kappa shape index (κ1) is 18.8. The van der Waals surface area contributed by atoms with Gasteiger partial charge in [-0.2, -0.15) is 4.98 Å². The van der Waals surface area contributed by atoms with E-state index in [1.165, 1.54) is 18.2 Å². The first-order chi connectivity index (χ1) is 13.7. The van der Waals surface area contributed by atoms with Gasteiger partial charge >= 0.3 is 0 Å². The van der Waals surface area contributed by atoms with E-state index in [1.54, 1.807) is 24.3 Å². The maximum atomic E-state index is 12.7. The number of carbonyl (C=O) groups is 2. The van der Waals surface area contributed by atoms with Gasteiger partial charge in [0.1, 0.15) is 0 Å². The van der Waals surface area contributed by atoms with E-state index in [0.717, 1.165) is 0 Å². The molecule has 1 aromatic heterocycles. The highest BCUT2D eigenvalue weighted by atomic mass is 32.2. The average molecular weight is 412 g/mol. The fourth-order valence-corrected chi connectivity index (χ4v) is 3.88. The molecular weight excluding hydrogens is 396 g/mol. The van der Waals surface area contributed by atoms with Crippen molar-refractivity contribution in [1.29, 1.82) is 0 Å². The van der Waals surface area contributed by atoms with Crippen LogP contribution in [0.15, 0.2) is 51.9 Å². The van der Waals surface area contributed by atoms with Crippen LogP contribution >= 0.6 is 0 Å². The van der Waals surface area contributed by atoms with Crippen molar-refractivity contribution in [2.24, 2.45) is 0 Å². The fraction of sp³-hybridized carbons (Fsp3) is 0.158. The average Bonchev–Trinajstić information content (AvgIpc) is 3.28. The van der Waals surface area contributed by atoms with Crippen LogP contribution in [-0.4, -0.2) is 30.4 Å². The van der Waals surface area contributed by atoms with Crippen LogP contribution in [-0.2, 0) is 10.0 Å². The second-order valence-corrected chi connectivity index (χ2v) is 8.47. The largest absolute Gasteiger partial charge is 0.334 e. The van der Waals surface area contributed by atoms with Crippen LogP contribution < -0.4 is 10.0 Å². The number of aromatic nitrogens is 2. The summed E-state index contributed by atoms with van der Waals surface area (Å²) in [5, 5.41) is 6.03. The van der Waals surface area contributed by atoms with Gasteiger partial charge in [-0.15, -0.1) is 0 Å². The number of hydrogen-bond donors (Lipinski definition) is 2. The third-order valence-electron chi connectivity index (χ3n) is 4.36. The predicted octanol–water partition coefficient (Wildman–Crippen LogP) is 2.54. The number of nitrogens with zero attached hydrogens (tertiary/aromatic N) is 2. The number of benzene rings is 2. The second kappa shape index (κ2) is 6.82. The molecule has 0 bridgehead atoms. The van der Waals surface area contributed by atoms with Crippen LogP contribution in [0.2, 0.25) is 0 Å². The molecule has 29 heavy (non-hydrogen) atoms. The molecular formula is C19H16N4O5S. The smallest absolute Gasteiger partial charge is 0.261 e. The fourth-order valence-electron chi connectivity index (χ4n) is 2.80. The van der Waals surface area contributed by atoms with Crippen molar-refractivity contribution >= 4 is 27.5 Å². The van der Waals surface area contributed by atoms with E-state index in [2.05, 4.69) is 20.2 Å². The van der Waals surface area contributed by atoms with Crippen LogP contribution in [0.4, 0.5) is 5.69 Å². The Morgan fingerprint density at radius 3 is 2.34 bits per heavy atom. The lowest BCUT2D eigenvalue weighted by molar-refractivity contribution is 0.0879. The van der Waals surface area contributed by atoms with E-state index < -0.39 is 21.8 Å². The Hall–Kier alpha value is -3.53. The van der Waals surface area contributed by atoms with Crippen molar-refractivity contribution in [2.45, 2.75) is 24.7 Å². The Bertz CT molecular complexity index is 1230. The van der Waals surface area contributed by atoms with E-state index in [-0.39, 0.29) is 21.9 Å². The number of anilines is 1. The molecule has 0 radical (unpaired) electrons. The lowest BCUT2D eigenvalue weighted by Gasteiger charge is -2.09. The van der Waals surface area contributed by atoms with Crippen LogP contribution in [0, 0.1) is 0 Å². The summed E-state index contributed by atoms with van der Waals surface area (Å²) < 4.78 is 33.0. The molecule has 2 aromatic carbocycles. The molecule has 0 unspecified atom stereocenters. The Labute approximate surface area is 166 Å². The summed E-state index contributed by atoms with van der Waals surface area (Å²) in [5.41, 5.74) is 1.16. The number of amides is 2. The highest BCUT2D eigenvalue weighted by molar-refractivity contribution is 7.92. The highest BCUT2D eigenvalue weighted by Gasteiger charge is 2.28. The summed E-state index contributed by atoms with van der Waals surface area (Å²) in [6.45, 7) is 3.90. The van der Waals surface area contributed by atoms with Crippen molar-refractivity contribution in [2.75, 3.05) is 4.72 Å². The highest BCUT2D eigenvalue weighted by Crippen LogP contribution is 2.25. The normalized spacial score (nSPS) is 13.5. The van der Waals surface area contributed by atoms with Gasteiger partial charge < -0.3 is 4.52 Å². The maximum absolute atomic E-state index is 12.7. The lowest BCUT2D eigenvalue weighted by atomic mass is 10.1. The minimum atomic E-state index is -3.95. The topological polar surface area (TPSA) is 131 Å². The summed E-state index contributed by atoms with van der Waals surface area (Å²) in [6.07, 6.45) is 0. The van der Waals surface area contributed by atoms with Crippen molar-refractivity contribution in [1.82, 2.24) is 15.5 Å². The molecule has 0 saturated carbocycles. The summed E-state index contributed by atoms with van der Waals surface area (Å²) in [5.74, 6) is -0.101. The van der Waals surface area contributed by atoms with Crippen LogP contribution in [0.25, 0.3) is 11.5 Å². The van der Waals surface area contributed by atoms with Gasteiger partial charge in [-0.05, 0) is 42.5 Å². The minimum Gasteiger partial charge on any atom is -0.334 e. The number of carbonyl (C=O) groups excluding carboxylic acids is 2. The van der Waals surface area contributed by atoms with Crippen LogP contribution in [0.5, 0.6) is 0 Å². The summed E-state index contributed by atoms with van der Waals surface area (Å²) in [6, 6.07) is 10.2. The molecule has 2 amide bonds. The van der Waals surface area contributed by atoms with Crippen LogP contribution in [0.3, 0.4) is 0 Å². The van der Waals surface area contributed by atoms with Gasteiger partial charge in [0.2, 0.25) is 0 Å². The molecule has 1 aliphatic heterocycles. The Balaban J connectivity index is 1.56. The van der Waals surface area contributed by atoms with Gasteiger partial charge in [0.25, 0.3) is 27.7 Å². The zero-order chi connectivity index (χ0) is 20.8. The zero-order valence-corrected chi connectivity index (χ0v) is 16.3. The number of nitrogens with one attached hydrogen (secondary N) is 2. The van der Waals surface area contributed by atoms with Gasteiger partial charge in [-0.3, -0.25) is 19.6 Å². The van der Waals surface area contributed by atoms with E-state index in [4.69, 9.17) is 4.52 Å². The van der Waals surface area contributed by atoms with Crippen molar-refractivity contribution in [3.05, 3.63) is 59.4 Å². The molecule has 9 nitrogen and oxygen atoms in total. The maximum Gasteiger partial charge on any atom is 0.261 e. The first-order valence-corrected chi connectivity index (χ1v) is 10.2. The van der Waals surface area contributed by atoms with Gasteiger partial charge in [0.15, 0.2) is 5.82 Å². The van der Waals surface area contributed by atoms with Gasteiger partial charge in [-0.1, -0.05) is 19.0 Å². The molecule has 0 aliphatic carbocycles. The van der Waals surface area contributed by atoms with Crippen molar-refractivity contribution in [3.8, 4) is 11.5 Å². The molecule has 4 rings (SSSR count). The molecule has 148 valence electrons. The minimum absolute atomic E-state index is 0.0329. The van der Waals surface area contributed by atoms with E-state index in [1.807, 2.05) is 13.8 Å². The number of hydrogen-bond acceptors (Lipinski definition) is 7. The van der Waals surface area contributed by atoms with Crippen LogP contribution in [0.1, 0.15) is 46.3 Å². The van der Waals surface area contributed by atoms with Gasteiger partial charge in [0, 0.05) is 17.2 Å². The van der Waals surface area contributed by atoms with Gasteiger partial charge in [0.05, 0.1) is 16.0 Å². The molecule has 0 fully saturated rings. The quantitative estimate of drug-likeness (QED) is 0.616. The second-order valence-electron chi connectivity index (χ2n) is 6.79. The van der Waals surface area contributed by atoms with Crippen molar-refractivity contribution < 1.29 is 22.5 Å². The molecule has 2 N–H and O–H groups in total. The summed E-state index contributed by atoms with van der Waals surface area (Å²) in [4.78, 5) is 27.5. The van der Waals surface area contributed by atoms with E-state index >= 15 is 0 Å². The Morgan fingerprint density at radius 1 is 1.00 bits per heavy atom. The zero-order valence-electron chi connectivity index (χ0n) is 15.5.